The molecule has 3 rings (SSSR count). The number of hydrogen-bond acceptors (Lipinski definition) is 4. The number of allylic oxidation sites excluding steroid dienone is 1. The maximum absolute atomic E-state index is 12.7. The second-order valence-electron chi connectivity index (χ2n) is 5.89. The topological polar surface area (TPSA) is 73.1 Å². The molecular formula is C18H19N3O3. The van der Waals surface area contributed by atoms with E-state index in [1.807, 2.05) is 38.1 Å². The molecule has 0 saturated heterocycles. The second kappa shape index (κ2) is 5.96. The Morgan fingerprint density at radius 3 is 2.54 bits per heavy atom. The minimum Gasteiger partial charge on any atom is -0.338 e. The van der Waals surface area contributed by atoms with E-state index in [1.54, 1.807) is 6.08 Å². The first-order valence-corrected chi connectivity index (χ1v) is 7.88. The zero-order chi connectivity index (χ0) is 17.4. The van der Waals surface area contributed by atoms with Crippen LogP contribution in [0.2, 0.25) is 0 Å². The van der Waals surface area contributed by atoms with Gasteiger partial charge >= 0.3 is 5.69 Å². The van der Waals surface area contributed by atoms with Crippen molar-refractivity contribution >= 4 is 17.7 Å². The summed E-state index contributed by atoms with van der Waals surface area (Å²) in [5, 5.41) is 2.98. The predicted octanol–water partition coefficient (Wildman–Crippen LogP) is 1.91. The van der Waals surface area contributed by atoms with Gasteiger partial charge in [-0.3, -0.25) is 18.7 Å². The normalized spacial score (nSPS) is 14.8. The van der Waals surface area contributed by atoms with Gasteiger partial charge in [0.2, 0.25) is 5.78 Å². The molecule has 0 fully saturated rings. The molecule has 0 aliphatic carbocycles. The van der Waals surface area contributed by atoms with Gasteiger partial charge in [0, 0.05) is 13.6 Å². The number of ketones is 1. The van der Waals surface area contributed by atoms with Crippen LogP contribution in [0, 0.1) is 6.92 Å². The Kier molecular flexibility index (Phi) is 3.97. The van der Waals surface area contributed by atoms with Crippen molar-refractivity contribution < 1.29 is 4.79 Å². The number of rotatable bonds is 3. The molecule has 1 aromatic heterocycles. The monoisotopic (exact) mass is 325 g/mol. The van der Waals surface area contributed by atoms with Crippen molar-refractivity contribution in [1.82, 2.24) is 9.13 Å². The molecule has 6 nitrogen and oxygen atoms in total. The molecule has 6 heteroatoms. The smallest absolute Gasteiger partial charge is 0.332 e. The Morgan fingerprint density at radius 1 is 1.17 bits per heavy atom. The van der Waals surface area contributed by atoms with Gasteiger partial charge in [0.15, 0.2) is 0 Å². The van der Waals surface area contributed by atoms with E-state index in [1.165, 1.54) is 11.6 Å². The molecule has 2 aromatic rings. The molecule has 2 heterocycles. The molecule has 24 heavy (non-hydrogen) atoms. The van der Waals surface area contributed by atoms with Crippen LogP contribution in [0.15, 0.2) is 39.6 Å². The van der Waals surface area contributed by atoms with E-state index >= 15 is 0 Å². The summed E-state index contributed by atoms with van der Waals surface area (Å²) in [5.74, 6) is -0.0755. The molecule has 1 aromatic carbocycles. The molecule has 0 unspecified atom stereocenters. The number of nitrogens with one attached hydrogen (secondary N) is 1. The summed E-state index contributed by atoms with van der Waals surface area (Å²) in [7, 11) is 1.40. The third kappa shape index (κ3) is 2.40. The average Bonchev–Trinajstić information content (AvgIpc) is 2.88. The fraction of sp³-hybridized carbons (Fsp3) is 0.278. The maximum Gasteiger partial charge on any atom is 0.332 e. The summed E-state index contributed by atoms with van der Waals surface area (Å²) in [5.41, 5.74) is 1.28. The lowest BCUT2D eigenvalue weighted by Crippen LogP contribution is -2.40. The van der Waals surface area contributed by atoms with Crippen molar-refractivity contribution in [2.24, 2.45) is 7.05 Å². The van der Waals surface area contributed by atoms with Crippen LogP contribution < -0.4 is 16.6 Å². The number of nitrogens with zero attached hydrogens (tertiary/aromatic N) is 2. The lowest BCUT2D eigenvalue weighted by atomic mass is 10.1. The molecule has 1 N–H and O–H groups in total. The Bertz CT molecular complexity index is 980. The summed E-state index contributed by atoms with van der Waals surface area (Å²) in [6, 6.07) is 7.66. The highest BCUT2D eigenvalue weighted by Gasteiger charge is 2.32. The van der Waals surface area contributed by atoms with E-state index in [0.29, 0.717) is 18.1 Å². The second-order valence-corrected chi connectivity index (χ2v) is 5.89. The molecule has 0 atom stereocenters. The zero-order valence-corrected chi connectivity index (χ0v) is 13.9. The summed E-state index contributed by atoms with van der Waals surface area (Å²) < 4.78 is 2.44. The molecule has 0 amide bonds. The van der Waals surface area contributed by atoms with Gasteiger partial charge < -0.3 is 5.32 Å². The van der Waals surface area contributed by atoms with Gasteiger partial charge in [0.1, 0.15) is 11.4 Å². The van der Waals surface area contributed by atoms with Crippen molar-refractivity contribution in [3.63, 3.8) is 0 Å². The van der Waals surface area contributed by atoms with Crippen LogP contribution in [-0.2, 0) is 13.6 Å². The number of carbonyl (C=O) groups is 1. The number of carbonyl (C=O) groups excluding carboxylic acids is 1. The number of aryl methyl sites for hydroxylation is 1. The molecule has 124 valence electrons. The number of benzene rings is 1. The van der Waals surface area contributed by atoms with Crippen LogP contribution in [0.3, 0.4) is 0 Å². The van der Waals surface area contributed by atoms with Crippen LogP contribution >= 0.6 is 0 Å². The van der Waals surface area contributed by atoms with Crippen LogP contribution in [0.25, 0.3) is 6.08 Å². The minimum atomic E-state index is -0.562. The number of anilines is 1. The van der Waals surface area contributed by atoms with Gasteiger partial charge in [-0.15, -0.1) is 0 Å². The van der Waals surface area contributed by atoms with Crippen LogP contribution in [0.4, 0.5) is 5.82 Å². The van der Waals surface area contributed by atoms with Crippen LogP contribution in [0.5, 0.6) is 0 Å². The zero-order valence-electron chi connectivity index (χ0n) is 13.9. The first-order valence-electron chi connectivity index (χ1n) is 7.88. The summed E-state index contributed by atoms with van der Waals surface area (Å²) >= 11 is 0. The highest BCUT2D eigenvalue weighted by Crippen LogP contribution is 2.26. The lowest BCUT2D eigenvalue weighted by molar-refractivity contribution is 0.104. The molecule has 0 saturated carbocycles. The fourth-order valence-electron chi connectivity index (χ4n) is 2.86. The Balaban J connectivity index is 2.19. The van der Waals surface area contributed by atoms with Gasteiger partial charge in [-0.2, -0.15) is 0 Å². The number of aromatic nitrogens is 2. The molecule has 0 radical (unpaired) electrons. The summed E-state index contributed by atoms with van der Waals surface area (Å²) in [4.78, 5) is 37.4. The Hall–Kier alpha value is -2.89. The van der Waals surface area contributed by atoms with E-state index in [4.69, 9.17) is 0 Å². The van der Waals surface area contributed by atoms with Crippen molar-refractivity contribution in [2.45, 2.75) is 26.8 Å². The van der Waals surface area contributed by atoms with Crippen molar-refractivity contribution in [3.8, 4) is 0 Å². The quantitative estimate of drug-likeness (QED) is 0.875. The molecule has 1 aliphatic heterocycles. The third-order valence-corrected chi connectivity index (χ3v) is 4.20. The van der Waals surface area contributed by atoms with Crippen LogP contribution in [0.1, 0.15) is 34.8 Å². The predicted molar refractivity (Wildman–Crippen MR) is 93.3 cm³/mol. The van der Waals surface area contributed by atoms with E-state index in [9.17, 15) is 14.4 Å². The van der Waals surface area contributed by atoms with E-state index < -0.39 is 11.2 Å². The molecule has 0 bridgehead atoms. The van der Waals surface area contributed by atoms with Crippen molar-refractivity contribution in [1.29, 1.82) is 0 Å². The SMILES string of the molecule is CCCn1c2c(c(=O)n(C)c1=O)C(=O)/C(=C/c1ccccc1C)N2. The highest BCUT2D eigenvalue weighted by atomic mass is 16.2. The van der Waals surface area contributed by atoms with Gasteiger partial charge in [0.05, 0.1) is 5.70 Å². The third-order valence-electron chi connectivity index (χ3n) is 4.20. The fourth-order valence-corrected chi connectivity index (χ4v) is 2.86. The maximum atomic E-state index is 12.7. The largest absolute Gasteiger partial charge is 0.338 e. The van der Waals surface area contributed by atoms with E-state index in [0.717, 1.165) is 22.1 Å². The first kappa shape index (κ1) is 16.0. The number of fused-ring (bicyclic) bond motifs is 1. The van der Waals surface area contributed by atoms with E-state index in [-0.39, 0.29) is 11.3 Å². The van der Waals surface area contributed by atoms with Gasteiger partial charge in [0.25, 0.3) is 5.56 Å². The summed E-state index contributed by atoms with van der Waals surface area (Å²) in [6.07, 6.45) is 2.44. The van der Waals surface area contributed by atoms with Crippen molar-refractivity contribution in [2.75, 3.05) is 5.32 Å². The highest BCUT2D eigenvalue weighted by molar-refractivity contribution is 6.19. The lowest BCUT2D eigenvalue weighted by Gasteiger charge is -2.11. The van der Waals surface area contributed by atoms with Gasteiger partial charge in [-0.05, 0) is 30.5 Å². The molecular weight excluding hydrogens is 306 g/mol. The van der Waals surface area contributed by atoms with Crippen LogP contribution in [-0.4, -0.2) is 14.9 Å². The van der Waals surface area contributed by atoms with Gasteiger partial charge in [-0.1, -0.05) is 31.2 Å². The molecule has 1 aliphatic rings. The summed E-state index contributed by atoms with van der Waals surface area (Å²) in [6.45, 7) is 4.32. The van der Waals surface area contributed by atoms with E-state index in [2.05, 4.69) is 5.32 Å². The standard InChI is InChI=1S/C18H19N3O3/c1-4-9-21-16-14(17(23)20(3)18(21)24)15(22)13(19-16)10-12-8-6-5-7-11(12)2/h5-8,10,19H,4,9H2,1-3H3/b13-10-. The number of Topliss-reactive ketones (excluding diaryl/α,β-unsaturated/α-hetero) is 1. The Labute approximate surface area is 139 Å². The van der Waals surface area contributed by atoms with Gasteiger partial charge in [-0.25, -0.2) is 4.79 Å². The molecule has 0 spiro atoms. The number of hydrogen-bond donors (Lipinski definition) is 1. The minimum absolute atomic E-state index is 0.0328. The van der Waals surface area contributed by atoms with Crippen molar-refractivity contribution in [3.05, 3.63) is 67.5 Å². The first-order chi connectivity index (χ1) is 11.5. The Morgan fingerprint density at radius 2 is 1.88 bits per heavy atom. The average molecular weight is 325 g/mol.